The van der Waals surface area contributed by atoms with Gasteiger partial charge in [-0.1, -0.05) is 12.2 Å². The number of allylic oxidation sites excluding steroid dienone is 4. The lowest BCUT2D eigenvalue weighted by molar-refractivity contribution is 0.802. The van der Waals surface area contributed by atoms with Crippen LogP contribution in [0.4, 0.5) is 0 Å². The average Bonchev–Trinajstić information content (AvgIpc) is 2.53. The van der Waals surface area contributed by atoms with E-state index < -0.39 is 0 Å². The summed E-state index contributed by atoms with van der Waals surface area (Å²) in [6.07, 6.45) is 7.26. The van der Waals surface area contributed by atoms with Gasteiger partial charge in [0.1, 0.15) is 0 Å². The second kappa shape index (κ2) is 3.38. The molecule has 0 radical (unpaired) electrons. The van der Waals surface area contributed by atoms with E-state index in [1.54, 1.807) is 0 Å². The first kappa shape index (κ1) is 8.57. The maximum atomic E-state index is 5.94. The molecule has 0 aliphatic heterocycles. The number of hydrogen-bond donors (Lipinski definition) is 1. The Labute approximate surface area is 82.6 Å². The number of rotatable bonds is 1. The molecule has 0 fully saturated rings. The standard InChI is InChI=1S/C11H13NS/c1-8-6-7-11(13-8)9-4-2-3-5-10(9)12/h2-3,5-7,9H,4,12H2,1H3. The van der Waals surface area contributed by atoms with Crippen molar-refractivity contribution in [1.29, 1.82) is 0 Å². The van der Waals surface area contributed by atoms with Crippen molar-refractivity contribution in [3.8, 4) is 0 Å². The quantitative estimate of drug-likeness (QED) is 0.725. The van der Waals surface area contributed by atoms with E-state index >= 15 is 0 Å². The first-order valence-electron chi connectivity index (χ1n) is 4.46. The molecule has 0 spiro atoms. The van der Waals surface area contributed by atoms with Crippen molar-refractivity contribution in [3.63, 3.8) is 0 Å². The van der Waals surface area contributed by atoms with Gasteiger partial charge < -0.3 is 5.73 Å². The van der Waals surface area contributed by atoms with Gasteiger partial charge >= 0.3 is 0 Å². The molecule has 1 atom stereocenters. The largest absolute Gasteiger partial charge is 0.402 e. The zero-order valence-electron chi connectivity index (χ0n) is 7.66. The van der Waals surface area contributed by atoms with Gasteiger partial charge in [-0.2, -0.15) is 0 Å². The maximum absolute atomic E-state index is 5.94. The molecule has 1 nitrogen and oxygen atoms in total. The molecule has 0 saturated carbocycles. The Balaban J connectivity index is 2.27. The zero-order valence-corrected chi connectivity index (χ0v) is 8.47. The van der Waals surface area contributed by atoms with Crippen molar-refractivity contribution in [2.45, 2.75) is 19.3 Å². The fourth-order valence-electron chi connectivity index (χ4n) is 1.57. The second-order valence-electron chi connectivity index (χ2n) is 3.33. The van der Waals surface area contributed by atoms with Crippen molar-refractivity contribution in [3.05, 3.63) is 45.8 Å². The van der Waals surface area contributed by atoms with Gasteiger partial charge in [-0.25, -0.2) is 0 Å². The van der Waals surface area contributed by atoms with Crippen LogP contribution < -0.4 is 5.73 Å². The SMILES string of the molecule is Cc1ccc(C2CC=CC=C2N)s1. The number of aryl methyl sites for hydroxylation is 1. The third kappa shape index (κ3) is 1.68. The van der Waals surface area contributed by atoms with Gasteiger partial charge in [-0.15, -0.1) is 11.3 Å². The summed E-state index contributed by atoms with van der Waals surface area (Å²) in [5.41, 5.74) is 6.93. The summed E-state index contributed by atoms with van der Waals surface area (Å²) in [4.78, 5) is 2.74. The summed E-state index contributed by atoms with van der Waals surface area (Å²) in [7, 11) is 0. The fourth-order valence-corrected chi connectivity index (χ4v) is 2.59. The van der Waals surface area contributed by atoms with E-state index in [4.69, 9.17) is 5.73 Å². The van der Waals surface area contributed by atoms with Crippen LogP contribution in [0.5, 0.6) is 0 Å². The third-order valence-corrected chi connectivity index (χ3v) is 3.42. The highest BCUT2D eigenvalue weighted by atomic mass is 32.1. The van der Waals surface area contributed by atoms with E-state index in [2.05, 4.69) is 25.1 Å². The monoisotopic (exact) mass is 191 g/mol. The predicted molar refractivity (Wildman–Crippen MR) is 57.8 cm³/mol. The summed E-state index contributed by atoms with van der Waals surface area (Å²) in [5.74, 6) is 0.420. The highest BCUT2D eigenvalue weighted by molar-refractivity contribution is 7.12. The Morgan fingerprint density at radius 2 is 2.31 bits per heavy atom. The number of hydrogen-bond acceptors (Lipinski definition) is 2. The van der Waals surface area contributed by atoms with Gasteiger partial charge in [0.2, 0.25) is 0 Å². The van der Waals surface area contributed by atoms with Gasteiger partial charge in [0.25, 0.3) is 0 Å². The molecule has 2 N–H and O–H groups in total. The molecule has 0 aromatic carbocycles. The van der Waals surface area contributed by atoms with E-state index in [1.807, 2.05) is 23.5 Å². The zero-order chi connectivity index (χ0) is 9.26. The third-order valence-electron chi connectivity index (χ3n) is 2.30. The summed E-state index contributed by atoms with van der Waals surface area (Å²) >= 11 is 1.84. The molecule has 1 heterocycles. The first-order valence-corrected chi connectivity index (χ1v) is 5.27. The normalized spacial score (nSPS) is 21.6. The molecule has 68 valence electrons. The van der Waals surface area contributed by atoms with Gasteiger partial charge in [0.05, 0.1) is 0 Å². The van der Waals surface area contributed by atoms with Gasteiger partial charge in [0, 0.05) is 21.4 Å². The van der Waals surface area contributed by atoms with E-state index in [1.165, 1.54) is 9.75 Å². The molecule has 1 aromatic heterocycles. The Morgan fingerprint density at radius 1 is 1.46 bits per heavy atom. The lowest BCUT2D eigenvalue weighted by Crippen LogP contribution is -2.10. The lowest BCUT2D eigenvalue weighted by atomic mass is 9.96. The van der Waals surface area contributed by atoms with E-state index in [0.717, 1.165) is 12.1 Å². The molecule has 2 rings (SSSR count). The van der Waals surface area contributed by atoms with Crippen LogP contribution in [0, 0.1) is 6.92 Å². The van der Waals surface area contributed by atoms with E-state index in [9.17, 15) is 0 Å². The maximum Gasteiger partial charge on any atom is 0.0364 e. The highest BCUT2D eigenvalue weighted by Gasteiger charge is 2.16. The second-order valence-corrected chi connectivity index (χ2v) is 4.65. The van der Waals surface area contributed by atoms with E-state index in [-0.39, 0.29) is 0 Å². The van der Waals surface area contributed by atoms with Crippen molar-refractivity contribution in [2.24, 2.45) is 5.73 Å². The van der Waals surface area contributed by atoms with Crippen molar-refractivity contribution in [1.82, 2.24) is 0 Å². The van der Waals surface area contributed by atoms with Crippen LogP contribution in [0.25, 0.3) is 0 Å². The van der Waals surface area contributed by atoms with E-state index in [0.29, 0.717) is 5.92 Å². The van der Waals surface area contributed by atoms with Crippen LogP contribution in [0.15, 0.2) is 36.1 Å². The summed E-state index contributed by atoms with van der Waals surface area (Å²) in [6.45, 7) is 2.13. The predicted octanol–water partition coefficient (Wildman–Crippen LogP) is 2.94. The van der Waals surface area contributed by atoms with Gasteiger partial charge in [0.15, 0.2) is 0 Å². The fraction of sp³-hybridized carbons (Fsp3) is 0.273. The molecule has 1 aliphatic rings. The molecule has 2 heteroatoms. The summed E-state index contributed by atoms with van der Waals surface area (Å²) < 4.78 is 0. The number of nitrogens with two attached hydrogens (primary N) is 1. The molecule has 1 aromatic rings. The molecule has 0 bridgehead atoms. The lowest BCUT2D eigenvalue weighted by Gasteiger charge is -2.16. The molecule has 0 amide bonds. The molecule has 1 aliphatic carbocycles. The molecular weight excluding hydrogens is 178 g/mol. The minimum atomic E-state index is 0.420. The molecular formula is C11H13NS. The van der Waals surface area contributed by atoms with Crippen molar-refractivity contribution < 1.29 is 0 Å². The summed E-state index contributed by atoms with van der Waals surface area (Å²) in [5, 5.41) is 0. The van der Waals surface area contributed by atoms with Crippen LogP contribution in [-0.2, 0) is 0 Å². The minimum Gasteiger partial charge on any atom is -0.402 e. The number of thiophene rings is 1. The Kier molecular flexibility index (Phi) is 2.23. The topological polar surface area (TPSA) is 26.0 Å². The Hall–Kier alpha value is -1.02. The van der Waals surface area contributed by atoms with Crippen molar-refractivity contribution in [2.75, 3.05) is 0 Å². The van der Waals surface area contributed by atoms with Crippen molar-refractivity contribution >= 4 is 11.3 Å². The van der Waals surface area contributed by atoms with Crippen LogP contribution >= 0.6 is 11.3 Å². The van der Waals surface area contributed by atoms with Gasteiger partial charge in [-0.05, 0) is 31.6 Å². The molecule has 1 unspecified atom stereocenters. The Morgan fingerprint density at radius 3 is 2.92 bits per heavy atom. The minimum absolute atomic E-state index is 0.420. The first-order chi connectivity index (χ1) is 6.27. The van der Waals surface area contributed by atoms with Crippen LogP contribution in [0.3, 0.4) is 0 Å². The van der Waals surface area contributed by atoms with Crippen LogP contribution in [0.1, 0.15) is 22.1 Å². The van der Waals surface area contributed by atoms with Gasteiger partial charge in [-0.3, -0.25) is 0 Å². The highest BCUT2D eigenvalue weighted by Crippen LogP contribution is 2.32. The molecule has 13 heavy (non-hydrogen) atoms. The Bertz CT molecular complexity index is 360. The average molecular weight is 191 g/mol. The van der Waals surface area contributed by atoms with Crippen LogP contribution in [-0.4, -0.2) is 0 Å². The molecule has 0 saturated heterocycles. The summed E-state index contributed by atoms with van der Waals surface area (Å²) in [6, 6.07) is 4.34. The van der Waals surface area contributed by atoms with Crippen LogP contribution in [0.2, 0.25) is 0 Å². The smallest absolute Gasteiger partial charge is 0.0364 e.